The summed E-state index contributed by atoms with van der Waals surface area (Å²) in [5.41, 5.74) is 3.31. The molecule has 0 aliphatic rings. The van der Waals surface area contributed by atoms with Crippen LogP contribution in [0.5, 0.6) is 5.75 Å². The van der Waals surface area contributed by atoms with Crippen LogP contribution in [0.15, 0.2) is 28.7 Å². The molecule has 0 atom stereocenters. The SMILES string of the molecule is COc1ccc2c(C)c(C(=O)N(C)Cc3cc(C(C)(C)C)n[nH]3)oc2c1. The molecule has 1 amide bonds. The average molecular weight is 355 g/mol. The molecule has 0 saturated heterocycles. The Morgan fingerprint density at radius 1 is 1.31 bits per heavy atom. The van der Waals surface area contributed by atoms with Crippen molar-refractivity contribution < 1.29 is 13.9 Å². The first-order valence-corrected chi connectivity index (χ1v) is 8.58. The summed E-state index contributed by atoms with van der Waals surface area (Å²) in [7, 11) is 3.36. The summed E-state index contributed by atoms with van der Waals surface area (Å²) >= 11 is 0. The Balaban J connectivity index is 1.83. The number of amides is 1. The molecule has 0 fully saturated rings. The number of nitrogens with one attached hydrogen (secondary N) is 1. The minimum Gasteiger partial charge on any atom is -0.497 e. The number of fused-ring (bicyclic) bond motifs is 1. The number of rotatable bonds is 4. The fraction of sp³-hybridized carbons (Fsp3) is 0.400. The Bertz CT molecular complexity index is 947. The van der Waals surface area contributed by atoms with E-state index < -0.39 is 0 Å². The Morgan fingerprint density at radius 3 is 2.65 bits per heavy atom. The van der Waals surface area contributed by atoms with E-state index in [2.05, 4.69) is 31.0 Å². The summed E-state index contributed by atoms with van der Waals surface area (Å²) in [4.78, 5) is 14.5. The second-order valence-electron chi connectivity index (χ2n) is 7.61. The highest BCUT2D eigenvalue weighted by molar-refractivity contribution is 5.99. The van der Waals surface area contributed by atoms with Crippen molar-refractivity contribution in [1.82, 2.24) is 15.1 Å². The van der Waals surface area contributed by atoms with Crippen molar-refractivity contribution in [2.24, 2.45) is 0 Å². The van der Waals surface area contributed by atoms with Crippen LogP contribution in [0.2, 0.25) is 0 Å². The van der Waals surface area contributed by atoms with Gasteiger partial charge in [-0.05, 0) is 25.1 Å². The number of aryl methyl sites for hydroxylation is 1. The van der Waals surface area contributed by atoms with Gasteiger partial charge in [-0.2, -0.15) is 5.10 Å². The summed E-state index contributed by atoms with van der Waals surface area (Å²) in [6.45, 7) is 8.64. The number of carbonyl (C=O) groups excluding carboxylic acids is 1. The molecule has 6 heteroatoms. The predicted octanol–water partition coefficient (Wildman–Crippen LogP) is 4.04. The number of carbonyl (C=O) groups is 1. The van der Waals surface area contributed by atoms with E-state index in [4.69, 9.17) is 9.15 Å². The molecule has 0 saturated carbocycles. The minimum atomic E-state index is -0.162. The normalized spacial score (nSPS) is 11.8. The fourth-order valence-electron chi connectivity index (χ4n) is 2.86. The lowest BCUT2D eigenvalue weighted by atomic mass is 9.92. The van der Waals surface area contributed by atoms with Crippen LogP contribution in [-0.2, 0) is 12.0 Å². The van der Waals surface area contributed by atoms with Crippen LogP contribution < -0.4 is 4.74 Å². The van der Waals surface area contributed by atoms with Crippen LogP contribution >= 0.6 is 0 Å². The summed E-state index contributed by atoms with van der Waals surface area (Å²) in [6, 6.07) is 7.57. The standard InChI is InChI=1S/C20H25N3O3/c1-12-15-8-7-14(25-6)10-16(15)26-18(12)19(24)23(5)11-13-9-17(22-21-13)20(2,3)4/h7-10H,11H2,1-6H3,(H,21,22). The molecule has 0 radical (unpaired) electrons. The van der Waals surface area contributed by atoms with E-state index >= 15 is 0 Å². The molecular weight excluding hydrogens is 330 g/mol. The van der Waals surface area contributed by atoms with Gasteiger partial charge in [-0.3, -0.25) is 9.89 Å². The van der Waals surface area contributed by atoms with Crippen molar-refractivity contribution in [3.63, 3.8) is 0 Å². The van der Waals surface area contributed by atoms with Crippen LogP contribution in [0.1, 0.15) is 48.3 Å². The first-order chi connectivity index (χ1) is 12.2. The number of benzene rings is 1. The zero-order chi connectivity index (χ0) is 19.1. The van der Waals surface area contributed by atoms with Crippen molar-refractivity contribution in [1.29, 1.82) is 0 Å². The molecule has 1 N–H and O–H groups in total. The molecule has 0 bridgehead atoms. The first kappa shape index (κ1) is 18.0. The van der Waals surface area contributed by atoms with E-state index in [1.165, 1.54) is 0 Å². The lowest BCUT2D eigenvalue weighted by Crippen LogP contribution is -2.26. The fourth-order valence-corrected chi connectivity index (χ4v) is 2.86. The number of methoxy groups -OCH3 is 1. The van der Waals surface area contributed by atoms with Crippen molar-refractivity contribution >= 4 is 16.9 Å². The minimum absolute atomic E-state index is 0.0360. The monoisotopic (exact) mass is 355 g/mol. The van der Waals surface area contributed by atoms with Gasteiger partial charge in [0.05, 0.1) is 25.0 Å². The molecule has 26 heavy (non-hydrogen) atoms. The third kappa shape index (κ3) is 3.31. The highest BCUT2D eigenvalue weighted by atomic mass is 16.5. The average Bonchev–Trinajstić information content (AvgIpc) is 3.18. The highest BCUT2D eigenvalue weighted by Gasteiger charge is 2.23. The lowest BCUT2D eigenvalue weighted by Gasteiger charge is -2.15. The van der Waals surface area contributed by atoms with Crippen molar-refractivity contribution in [2.75, 3.05) is 14.2 Å². The van der Waals surface area contributed by atoms with Crippen LogP contribution in [0.3, 0.4) is 0 Å². The van der Waals surface area contributed by atoms with E-state index in [1.807, 2.05) is 25.1 Å². The topological polar surface area (TPSA) is 71.4 Å². The molecule has 6 nitrogen and oxygen atoms in total. The number of H-pyrrole nitrogens is 1. The molecule has 0 unspecified atom stereocenters. The third-order valence-electron chi connectivity index (χ3n) is 4.49. The first-order valence-electron chi connectivity index (χ1n) is 8.58. The van der Waals surface area contributed by atoms with Crippen LogP contribution in [0.25, 0.3) is 11.0 Å². The zero-order valence-electron chi connectivity index (χ0n) is 16.1. The van der Waals surface area contributed by atoms with Crippen LogP contribution in [0.4, 0.5) is 0 Å². The van der Waals surface area contributed by atoms with Crippen molar-refractivity contribution in [2.45, 2.75) is 39.7 Å². The number of hydrogen-bond donors (Lipinski definition) is 1. The van der Waals surface area contributed by atoms with Gasteiger partial charge in [-0.25, -0.2) is 0 Å². The molecular formula is C20H25N3O3. The molecule has 1 aromatic carbocycles. The van der Waals surface area contributed by atoms with Gasteiger partial charge in [0.15, 0.2) is 5.76 Å². The van der Waals surface area contributed by atoms with E-state index in [-0.39, 0.29) is 11.3 Å². The van der Waals surface area contributed by atoms with E-state index in [1.54, 1.807) is 25.1 Å². The maximum absolute atomic E-state index is 12.9. The van der Waals surface area contributed by atoms with Crippen LogP contribution in [0, 0.1) is 6.92 Å². The van der Waals surface area contributed by atoms with Gasteiger partial charge in [0.25, 0.3) is 5.91 Å². The van der Waals surface area contributed by atoms with E-state index in [9.17, 15) is 4.79 Å². The highest BCUT2D eigenvalue weighted by Crippen LogP contribution is 2.29. The predicted molar refractivity (Wildman–Crippen MR) is 101 cm³/mol. The van der Waals surface area contributed by atoms with Gasteiger partial charge in [0.1, 0.15) is 11.3 Å². The maximum atomic E-state index is 12.9. The Morgan fingerprint density at radius 2 is 2.04 bits per heavy atom. The van der Waals surface area contributed by atoms with Crippen molar-refractivity contribution in [3.8, 4) is 5.75 Å². The Labute approximate surface area is 153 Å². The summed E-state index contributed by atoms with van der Waals surface area (Å²) in [6.07, 6.45) is 0. The summed E-state index contributed by atoms with van der Waals surface area (Å²) < 4.78 is 11.0. The lowest BCUT2D eigenvalue weighted by molar-refractivity contribution is 0.0753. The number of ether oxygens (including phenoxy) is 1. The quantitative estimate of drug-likeness (QED) is 0.766. The number of aromatic amines is 1. The summed E-state index contributed by atoms with van der Waals surface area (Å²) in [5, 5.41) is 8.27. The smallest absolute Gasteiger partial charge is 0.289 e. The van der Waals surface area contributed by atoms with Crippen LogP contribution in [-0.4, -0.2) is 35.2 Å². The molecule has 0 aliphatic carbocycles. The second-order valence-corrected chi connectivity index (χ2v) is 7.61. The molecule has 2 heterocycles. The Kier molecular flexibility index (Phi) is 4.52. The van der Waals surface area contributed by atoms with Gasteiger partial charge >= 0.3 is 0 Å². The molecule has 138 valence electrons. The molecule has 2 aromatic heterocycles. The number of nitrogens with zero attached hydrogens (tertiary/aromatic N) is 2. The second kappa shape index (κ2) is 6.52. The van der Waals surface area contributed by atoms with E-state index in [0.717, 1.165) is 22.3 Å². The zero-order valence-corrected chi connectivity index (χ0v) is 16.1. The number of hydrogen-bond acceptors (Lipinski definition) is 4. The van der Waals surface area contributed by atoms with Gasteiger partial charge < -0.3 is 14.1 Å². The van der Waals surface area contributed by atoms with Gasteiger partial charge in [0.2, 0.25) is 0 Å². The molecule has 3 aromatic rings. The maximum Gasteiger partial charge on any atom is 0.289 e. The van der Waals surface area contributed by atoms with Gasteiger partial charge in [-0.1, -0.05) is 20.8 Å². The largest absolute Gasteiger partial charge is 0.497 e. The molecule has 0 spiro atoms. The third-order valence-corrected chi connectivity index (χ3v) is 4.49. The van der Waals surface area contributed by atoms with Gasteiger partial charge in [-0.15, -0.1) is 0 Å². The number of aromatic nitrogens is 2. The Hall–Kier alpha value is -2.76. The number of furan rings is 1. The summed E-state index contributed by atoms with van der Waals surface area (Å²) in [5.74, 6) is 0.890. The van der Waals surface area contributed by atoms with Gasteiger partial charge in [0, 0.05) is 29.5 Å². The van der Waals surface area contributed by atoms with E-state index in [0.29, 0.717) is 23.6 Å². The molecule has 3 rings (SSSR count). The van der Waals surface area contributed by atoms with Crippen molar-refractivity contribution in [3.05, 3.63) is 47.0 Å². The molecule has 0 aliphatic heterocycles.